The van der Waals surface area contributed by atoms with Gasteiger partial charge in [-0.3, -0.25) is 43.3 Å². The van der Waals surface area contributed by atoms with Gasteiger partial charge < -0.3 is 45.6 Å². The highest BCUT2D eigenvalue weighted by atomic mass is 32.2. The van der Waals surface area contributed by atoms with Crippen molar-refractivity contribution in [3.05, 3.63) is 52.5 Å². The molecule has 0 spiro atoms. The first-order valence-electron chi connectivity index (χ1n) is 26.4. The molecule has 2 saturated heterocycles. The van der Waals surface area contributed by atoms with E-state index in [-0.39, 0.29) is 96.8 Å². The fourth-order valence-electron chi connectivity index (χ4n) is 10.3. The lowest BCUT2D eigenvalue weighted by molar-refractivity contribution is -0.148. The minimum Gasteiger partial charge on any atom is -0.480 e. The first-order chi connectivity index (χ1) is 35.6. The molecule has 0 aliphatic carbocycles. The number of aromatic nitrogens is 1. The van der Waals surface area contributed by atoms with Crippen LogP contribution in [-0.4, -0.2) is 172 Å². The monoisotopic (exact) mass is 1080 g/mol. The highest BCUT2D eigenvalue weighted by molar-refractivity contribution is 8.00. The van der Waals surface area contributed by atoms with Gasteiger partial charge >= 0.3 is 5.97 Å². The summed E-state index contributed by atoms with van der Waals surface area (Å²) < 4.78 is 12.2. The van der Waals surface area contributed by atoms with E-state index >= 15 is 0 Å². The van der Waals surface area contributed by atoms with E-state index in [1.807, 2.05) is 84.2 Å². The van der Waals surface area contributed by atoms with E-state index in [9.17, 15) is 38.4 Å². The van der Waals surface area contributed by atoms with Crippen LogP contribution in [0.15, 0.2) is 41.9 Å². The average Bonchev–Trinajstić information content (AvgIpc) is 4.16. The van der Waals surface area contributed by atoms with E-state index in [1.165, 1.54) is 28.2 Å². The number of nitrogens with zero attached hydrogens (tertiary/aromatic N) is 5. The predicted molar refractivity (Wildman–Crippen MR) is 289 cm³/mol. The van der Waals surface area contributed by atoms with Crippen LogP contribution in [0, 0.1) is 23.7 Å². The minimum atomic E-state index is -1.18. The molecule has 1 aromatic heterocycles. The molecular weight excluding hydrogens is 1000 g/mol. The lowest BCUT2D eigenvalue weighted by atomic mass is 9.89. The molecule has 0 radical (unpaired) electrons. The van der Waals surface area contributed by atoms with Crippen LogP contribution in [0.5, 0.6) is 0 Å². The molecule has 19 nitrogen and oxygen atoms in total. The van der Waals surface area contributed by atoms with Gasteiger partial charge in [-0.1, -0.05) is 91.6 Å². The summed E-state index contributed by atoms with van der Waals surface area (Å²) in [5.74, 6) is -4.77. The van der Waals surface area contributed by atoms with Crippen LogP contribution in [-0.2, 0) is 54.3 Å². The Kier molecular flexibility index (Phi) is 25.1. The number of hydrogen-bond acceptors (Lipinski definition) is 14. The molecule has 21 heteroatoms. The fourth-order valence-corrected chi connectivity index (χ4v) is 12.1. The Bertz CT molecular complexity index is 2200. The lowest BCUT2D eigenvalue weighted by Crippen LogP contribution is -2.60. The number of carboxylic acid groups (broad SMARTS) is 1. The first kappa shape index (κ1) is 62.6. The van der Waals surface area contributed by atoms with Gasteiger partial charge in [0, 0.05) is 71.6 Å². The third kappa shape index (κ3) is 17.0. The minimum absolute atomic E-state index is 0.00946. The summed E-state index contributed by atoms with van der Waals surface area (Å²) in [6, 6.07) is 5.60. The van der Waals surface area contributed by atoms with Crippen molar-refractivity contribution in [3.8, 4) is 0 Å². The van der Waals surface area contributed by atoms with Crippen LogP contribution in [0.4, 0.5) is 0 Å². The number of likely N-dealkylation sites (tertiary alicyclic amines) is 2. The van der Waals surface area contributed by atoms with Gasteiger partial charge in [0.15, 0.2) is 0 Å². The lowest BCUT2D eigenvalue weighted by Gasteiger charge is -2.41. The Balaban J connectivity index is 1.38. The Hall–Kier alpha value is -4.96. The van der Waals surface area contributed by atoms with Crippen LogP contribution in [0.25, 0.3) is 0 Å². The van der Waals surface area contributed by atoms with E-state index in [1.54, 1.807) is 37.2 Å². The summed E-state index contributed by atoms with van der Waals surface area (Å²) in [5, 5.41) is 17.3. The van der Waals surface area contributed by atoms with Crippen molar-refractivity contribution in [3.63, 3.8) is 0 Å². The maximum Gasteiger partial charge on any atom is 0.321 e. The number of aliphatic carboxylic acids is 1. The Labute approximate surface area is 452 Å². The Morgan fingerprint density at radius 3 is 2.21 bits per heavy atom. The maximum atomic E-state index is 14.7. The summed E-state index contributed by atoms with van der Waals surface area (Å²) >= 11 is 2.54. The van der Waals surface area contributed by atoms with Crippen molar-refractivity contribution in [1.82, 2.24) is 35.2 Å². The smallest absolute Gasteiger partial charge is 0.321 e. The first-order valence-corrected chi connectivity index (χ1v) is 28.4. The molecular formula is C54H84N8O11S2. The predicted octanol–water partition coefficient (Wildman–Crippen LogP) is 4.92. The van der Waals surface area contributed by atoms with E-state index in [0.29, 0.717) is 45.1 Å². The number of unbranched alkanes of at least 4 members (excludes halogenated alkanes) is 2. The maximum absolute atomic E-state index is 14.7. The van der Waals surface area contributed by atoms with Crippen molar-refractivity contribution in [2.45, 2.75) is 166 Å². The number of nitrogens with one attached hydrogen (secondary N) is 2. The summed E-state index contributed by atoms with van der Waals surface area (Å²) in [6.07, 6.45) is 4.49. The average molecular weight is 1090 g/mol. The number of carbonyl (C=O) groups is 8. The highest BCUT2D eigenvalue weighted by Crippen LogP contribution is 2.31. The number of imide groups is 1. The molecule has 75 heavy (non-hydrogen) atoms. The molecule has 1 aromatic carbocycles. The molecule has 0 bridgehead atoms. The second kappa shape index (κ2) is 30.1. The molecule has 2 aromatic rings. The molecule has 5 N–H and O–H groups in total. The molecule has 3 heterocycles. The quantitative estimate of drug-likeness (QED) is 0.0578. The highest BCUT2D eigenvalue weighted by Gasteiger charge is 2.44. The van der Waals surface area contributed by atoms with Gasteiger partial charge in [0.2, 0.25) is 41.4 Å². The van der Waals surface area contributed by atoms with Gasteiger partial charge in [0.25, 0.3) is 0 Å². The van der Waals surface area contributed by atoms with Crippen LogP contribution in [0.2, 0.25) is 0 Å². The van der Waals surface area contributed by atoms with Crippen molar-refractivity contribution < 1.29 is 52.9 Å². The number of rotatable bonds is 31. The molecule has 7 amide bonds. The van der Waals surface area contributed by atoms with Crippen LogP contribution >= 0.6 is 23.1 Å². The SMILES string of the molecule is CC[C@H](C)[C@@H]([C@@H](CC(=O)N1CCC[C@H]1[C@H](OC)[C@@H](C)C(=O)N[C@@H](Cc1ccccc1)c1nccs1)OC)N(C)C(=O)[C@@H](NC(=O)[C@H](C(C)C)N(C)C(=O)CCCCCN1C(=O)CC(SC[C@H](N)C(=O)O)C1=O)C(C)C. The van der Waals surface area contributed by atoms with Crippen LogP contribution < -0.4 is 16.4 Å². The number of hydrogen-bond donors (Lipinski definition) is 4. The largest absolute Gasteiger partial charge is 0.480 e. The third-order valence-electron chi connectivity index (χ3n) is 14.8. The summed E-state index contributed by atoms with van der Waals surface area (Å²) in [4.78, 5) is 118. The second-order valence-electron chi connectivity index (χ2n) is 20.8. The van der Waals surface area contributed by atoms with Gasteiger partial charge in [-0.15, -0.1) is 23.1 Å². The number of nitrogens with two attached hydrogens (primary N) is 1. The molecule has 11 atom stereocenters. The number of methoxy groups -OCH3 is 2. The van der Waals surface area contributed by atoms with Gasteiger partial charge in [-0.05, 0) is 55.4 Å². The fraction of sp³-hybridized carbons (Fsp3) is 0.685. The summed E-state index contributed by atoms with van der Waals surface area (Å²) in [6.45, 7) is 13.8. The molecule has 2 aliphatic heterocycles. The van der Waals surface area contributed by atoms with Crippen molar-refractivity contribution in [2.24, 2.45) is 29.4 Å². The number of carbonyl (C=O) groups excluding carboxylic acids is 7. The number of amides is 7. The number of benzene rings is 1. The van der Waals surface area contributed by atoms with Crippen molar-refractivity contribution in [2.75, 3.05) is 47.2 Å². The zero-order valence-electron chi connectivity index (χ0n) is 45.9. The van der Waals surface area contributed by atoms with E-state index in [4.69, 9.17) is 20.3 Å². The van der Waals surface area contributed by atoms with Gasteiger partial charge in [-0.25, -0.2) is 4.98 Å². The van der Waals surface area contributed by atoms with E-state index < -0.39 is 59.4 Å². The summed E-state index contributed by atoms with van der Waals surface area (Å²) in [5.41, 5.74) is 6.63. The number of thioether (sulfide) groups is 1. The van der Waals surface area contributed by atoms with Crippen LogP contribution in [0.3, 0.4) is 0 Å². The van der Waals surface area contributed by atoms with Gasteiger partial charge in [-0.2, -0.15) is 0 Å². The topological polar surface area (TPSA) is 251 Å². The standard InChI is InChI=1S/C54H84N8O11S2/c1-12-34(6)47(40(72-10)29-43(64)61-26-19-22-39(61)48(73-11)35(7)49(66)57-38(51-56-24-27-74-51)28-36-20-15-13-16-21-36)60(9)53(69)45(32(2)3)58-50(67)46(33(4)5)59(8)42(63)23-17-14-18-25-62-44(65)30-41(52(62)68)75-31-37(55)54(70)71/h13,15-16,20-21,24,27,32-35,37-41,45-48H,12,14,17-19,22-23,25-26,28-31,55H2,1-11H3,(H,57,66)(H,58,67)(H,70,71)/t34-,35+,37-,38-,39-,40+,41?,45-,46-,47-,48+/m0/s1. The Morgan fingerprint density at radius 2 is 1.63 bits per heavy atom. The number of thiazole rings is 1. The molecule has 0 saturated carbocycles. The molecule has 418 valence electrons. The molecule has 2 aliphatic rings. The molecule has 1 unspecified atom stereocenters. The third-order valence-corrected chi connectivity index (χ3v) is 17.0. The van der Waals surface area contributed by atoms with Gasteiger partial charge in [0.1, 0.15) is 23.1 Å². The molecule has 2 fully saturated rings. The van der Waals surface area contributed by atoms with E-state index in [0.717, 1.165) is 28.8 Å². The number of carboxylic acids is 1. The zero-order chi connectivity index (χ0) is 55.7. The normalized spacial score (nSPS) is 19.5. The number of ether oxygens (including phenoxy) is 2. The second-order valence-corrected chi connectivity index (χ2v) is 23.0. The zero-order valence-corrected chi connectivity index (χ0v) is 47.5. The molecule has 4 rings (SSSR count). The van der Waals surface area contributed by atoms with E-state index in [2.05, 4.69) is 15.6 Å². The van der Waals surface area contributed by atoms with Crippen molar-refractivity contribution >= 4 is 70.4 Å². The number of likely N-dealkylation sites (N-methyl/N-ethyl adjacent to an activating group) is 2. The summed E-state index contributed by atoms with van der Waals surface area (Å²) in [7, 11) is 6.34. The van der Waals surface area contributed by atoms with Gasteiger partial charge in [0.05, 0.1) is 47.9 Å². The van der Waals surface area contributed by atoms with Crippen molar-refractivity contribution in [1.29, 1.82) is 0 Å². The van der Waals surface area contributed by atoms with Crippen LogP contribution in [0.1, 0.15) is 123 Å². The Morgan fingerprint density at radius 1 is 0.933 bits per heavy atom.